The van der Waals surface area contributed by atoms with E-state index in [1.165, 1.54) is 24.4 Å². The van der Waals surface area contributed by atoms with Gasteiger partial charge in [0.15, 0.2) is 0 Å². The molecule has 2 nitrogen and oxygen atoms in total. The second kappa shape index (κ2) is 3.86. The van der Waals surface area contributed by atoms with Crippen LogP contribution >= 0.6 is 11.8 Å². The number of rotatable bonds is 1. The van der Waals surface area contributed by atoms with Gasteiger partial charge >= 0.3 is 5.51 Å². The molecule has 0 radical (unpaired) electrons. The highest BCUT2D eigenvalue weighted by Crippen LogP contribution is 2.37. The van der Waals surface area contributed by atoms with Crippen molar-refractivity contribution in [3.8, 4) is 0 Å². The first kappa shape index (κ1) is 11.1. The van der Waals surface area contributed by atoms with Gasteiger partial charge in [0.1, 0.15) is 0 Å². The lowest BCUT2D eigenvalue weighted by Crippen LogP contribution is -2.05. The molecule has 0 aliphatic carbocycles. The third-order valence-corrected chi connectivity index (χ3v) is 2.70. The van der Waals surface area contributed by atoms with Crippen molar-refractivity contribution in [1.29, 1.82) is 0 Å². The Labute approximate surface area is 92.5 Å². The second-order valence-electron chi connectivity index (χ2n) is 3.10. The molecule has 1 heterocycles. The van der Waals surface area contributed by atoms with E-state index in [4.69, 9.17) is 0 Å². The number of aromatic nitrogens is 1. The van der Waals surface area contributed by atoms with Crippen LogP contribution < -0.4 is 5.56 Å². The Hall–Kier alpha value is -1.43. The zero-order valence-electron chi connectivity index (χ0n) is 7.84. The highest BCUT2D eigenvalue weighted by molar-refractivity contribution is 8.00. The number of hydrogen-bond donors (Lipinski definition) is 1. The lowest BCUT2D eigenvalue weighted by atomic mass is 10.2. The van der Waals surface area contributed by atoms with Gasteiger partial charge in [-0.1, -0.05) is 6.07 Å². The summed E-state index contributed by atoms with van der Waals surface area (Å²) in [6.45, 7) is 0. The number of hydrogen-bond acceptors (Lipinski definition) is 2. The molecule has 2 aromatic rings. The minimum Gasteiger partial charge on any atom is -0.329 e. The van der Waals surface area contributed by atoms with E-state index in [2.05, 4.69) is 4.98 Å². The summed E-state index contributed by atoms with van der Waals surface area (Å²) in [6.07, 6.45) is 1.46. The first-order valence-electron chi connectivity index (χ1n) is 4.33. The number of alkyl halides is 3. The number of thioether (sulfide) groups is 1. The van der Waals surface area contributed by atoms with E-state index in [1.807, 2.05) is 0 Å². The Kier molecular flexibility index (Phi) is 2.67. The maximum Gasteiger partial charge on any atom is 0.446 e. The van der Waals surface area contributed by atoms with Crippen LogP contribution in [0.5, 0.6) is 0 Å². The fourth-order valence-electron chi connectivity index (χ4n) is 1.36. The quantitative estimate of drug-likeness (QED) is 0.783. The monoisotopic (exact) mass is 245 g/mol. The largest absolute Gasteiger partial charge is 0.446 e. The average Bonchev–Trinajstić information content (AvgIpc) is 2.17. The number of H-pyrrole nitrogens is 1. The highest BCUT2D eigenvalue weighted by atomic mass is 32.2. The Morgan fingerprint density at radius 3 is 2.62 bits per heavy atom. The Morgan fingerprint density at radius 1 is 1.19 bits per heavy atom. The summed E-state index contributed by atoms with van der Waals surface area (Å²) in [6, 6.07) is 5.73. The van der Waals surface area contributed by atoms with Crippen LogP contribution in [0.1, 0.15) is 0 Å². The van der Waals surface area contributed by atoms with E-state index in [-0.39, 0.29) is 27.6 Å². The maximum atomic E-state index is 12.1. The zero-order valence-corrected chi connectivity index (χ0v) is 8.65. The molecule has 0 bridgehead atoms. The number of aromatic amines is 1. The van der Waals surface area contributed by atoms with Crippen LogP contribution in [0.3, 0.4) is 0 Å². The van der Waals surface area contributed by atoms with Gasteiger partial charge < -0.3 is 4.98 Å². The lowest BCUT2D eigenvalue weighted by Gasteiger charge is -2.05. The molecule has 16 heavy (non-hydrogen) atoms. The van der Waals surface area contributed by atoms with Crippen molar-refractivity contribution >= 4 is 22.5 Å². The summed E-state index contributed by atoms with van der Waals surface area (Å²) < 4.78 is 36.4. The molecule has 1 aromatic heterocycles. The number of nitrogens with one attached hydrogen (secondary N) is 1. The number of fused-ring (bicyclic) bond motifs is 1. The third kappa shape index (κ3) is 2.38. The van der Waals surface area contributed by atoms with Crippen molar-refractivity contribution in [2.75, 3.05) is 0 Å². The molecular formula is C10H6F3NOS. The molecule has 0 spiro atoms. The van der Waals surface area contributed by atoms with Crippen molar-refractivity contribution in [3.05, 3.63) is 40.8 Å². The SMILES string of the molecule is O=c1[nH]ccc2ccc(SC(F)(F)F)cc12. The van der Waals surface area contributed by atoms with Crippen LogP contribution in [-0.4, -0.2) is 10.5 Å². The van der Waals surface area contributed by atoms with Gasteiger partial charge in [0.05, 0.1) is 0 Å². The minimum absolute atomic E-state index is 0.0108. The molecule has 0 aliphatic rings. The predicted molar refractivity (Wildman–Crippen MR) is 56.5 cm³/mol. The van der Waals surface area contributed by atoms with Crippen LogP contribution in [0.2, 0.25) is 0 Å². The summed E-state index contributed by atoms with van der Waals surface area (Å²) in [5.74, 6) is 0. The zero-order chi connectivity index (χ0) is 11.8. The Balaban J connectivity index is 2.52. The van der Waals surface area contributed by atoms with Crippen molar-refractivity contribution in [2.45, 2.75) is 10.4 Å². The standard InChI is InChI=1S/C10H6F3NOS/c11-10(12,13)16-7-2-1-6-3-4-14-9(15)8(6)5-7/h1-5H,(H,14,15). The van der Waals surface area contributed by atoms with E-state index in [9.17, 15) is 18.0 Å². The van der Waals surface area contributed by atoms with Gasteiger partial charge in [-0.25, -0.2) is 0 Å². The molecule has 0 fully saturated rings. The number of pyridine rings is 1. The predicted octanol–water partition coefficient (Wildman–Crippen LogP) is 3.14. The topological polar surface area (TPSA) is 32.9 Å². The summed E-state index contributed by atoms with van der Waals surface area (Å²) in [5.41, 5.74) is -4.72. The second-order valence-corrected chi connectivity index (χ2v) is 4.24. The molecule has 0 unspecified atom stereocenters. The smallest absolute Gasteiger partial charge is 0.329 e. The first-order valence-corrected chi connectivity index (χ1v) is 5.14. The van der Waals surface area contributed by atoms with Crippen LogP contribution in [-0.2, 0) is 0 Å². The summed E-state index contributed by atoms with van der Waals surface area (Å²) in [4.78, 5) is 13.8. The molecule has 2 rings (SSSR count). The van der Waals surface area contributed by atoms with Crippen molar-refractivity contribution in [2.24, 2.45) is 0 Å². The average molecular weight is 245 g/mol. The van der Waals surface area contributed by atoms with Crippen LogP contribution in [0.25, 0.3) is 10.8 Å². The van der Waals surface area contributed by atoms with Gasteiger partial charge in [-0.3, -0.25) is 4.79 Å². The molecule has 1 aromatic carbocycles. The number of benzene rings is 1. The maximum absolute atomic E-state index is 12.1. The minimum atomic E-state index is -4.34. The molecule has 0 aliphatic heterocycles. The molecular weight excluding hydrogens is 239 g/mol. The molecule has 84 valence electrons. The van der Waals surface area contributed by atoms with E-state index in [1.54, 1.807) is 6.07 Å². The van der Waals surface area contributed by atoms with E-state index >= 15 is 0 Å². The highest BCUT2D eigenvalue weighted by Gasteiger charge is 2.29. The Morgan fingerprint density at radius 2 is 1.94 bits per heavy atom. The van der Waals surface area contributed by atoms with Crippen molar-refractivity contribution < 1.29 is 13.2 Å². The van der Waals surface area contributed by atoms with Gasteiger partial charge in [-0.15, -0.1) is 0 Å². The fraction of sp³-hybridized carbons (Fsp3) is 0.100. The van der Waals surface area contributed by atoms with Gasteiger partial charge in [-0.2, -0.15) is 13.2 Å². The lowest BCUT2D eigenvalue weighted by molar-refractivity contribution is -0.0328. The summed E-state index contributed by atoms with van der Waals surface area (Å²) in [5, 5.41) is 0.882. The van der Waals surface area contributed by atoms with Crippen molar-refractivity contribution in [3.63, 3.8) is 0 Å². The Bertz CT molecular complexity index is 576. The van der Waals surface area contributed by atoms with Crippen molar-refractivity contribution in [1.82, 2.24) is 4.98 Å². The third-order valence-electron chi connectivity index (χ3n) is 1.98. The molecule has 1 N–H and O–H groups in total. The van der Waals surface area contributed by atoms with Crippen LogP contribution in [0.15, 0.2) is 40.2 Å². The van der Waals surface area contributed by atoms with Gasteiger partial charge in [0.2, 0.25) is 0 Å². The van der Waals surface area contributed by atoms with Gasteiger partial charge in [0, 0.05) is 16.5 Å². The van der Waals surface area contributed by atoms with Crippen LogP contribution in [0.4, 0.5) is 13.2 Å². The van der Waals surface area contributed by atoms with E-state index < -0.39 is 5.51 Å². The first-order chi connectivity index (χ1) is 7.46. The molecule has 6 heteroatoms. The molecule has 0 saturated heterocycles. The molecule has 0 amide bonds. The molecule has 0 atom stereocenters. The normalized spacial score (nSPS) is 11.9. The van der Waals surface area contributed by atoms with E-state index in [0.29, 0.717) is 5.39 Å². The summed E-state index contributed by atoms with van der Waals surface area (Å²) >= 11 is -0.228. The summed E-state index contributed by atoms with van der Waals surface area (Å²) in [7, 11) is 0. The van der Waals surface area contributed by atoms with Gasteiger partial charge in [-0.05, 0) is 35.3 Å². The molecule has 0 saturated carbocycles. The van der Waals surface area contributed by atoms with E-state index in [0.717, 1.165) is 0 Å². The van der Waals surface area contributed by atoms with Crippen LogP contribution in [0, 0.1) is 0 Å². The fourth-order valence-corrected chi connectivity index (χ4v) is 1.94. The van der Waals surface area contributed by atoms with Gasteiger partial charge in [0.25, 0.3) is 5.56 Å². The number of halogens is 3.